The minimum Gasteiger partial charge on any atom is -0.244 e. The summed E-state index contributed by atoms with van der Waals surface area (Å²) in [5, 5.41) is 4.96. The Morgan fingerprint density at radius 3 is 2.65 bits per heavy atom. The minimum absolute atomic E-state index is 0.511. The number of hydrogen-bond donors (Lipinski definition) is 0. The van der Waals surface area contributed by atoms with Crippen LogP contribution in [0.1, 0.15) is 31.2 Å². The molecule has 90 valence electrons. The van der Waals surface area contributed by atoms with Crippen LogP contribution in [0.15, 0.2) is 18.2 Å². The number of halogens is 1. The molecular weight excluding hydrogens is 236 g/mol. The van der Waals surface area contributed by atoms with E-state index in [1.165, 1.54) is 0 Å². The van der Waals surface area contributed by atoms with Gasteiger partial charge in [0.15, 0.2) is 5.82 Å². The van der Waals surface area contributed by atoms with Crippen molar-refractivity contribution < 1.29 is 0 Å². The largest absolute Gasteiger partial charge is 0.244 e. The quantitative estimate of drug-likeness (QED) is 0.783. The fourth-order valence-electron chi connectivity index (χ4n) is 1.66. The van der Waals surface area contributed by atoms with Gasteiger partial charge in [0.1, 0.15) is 11.0 Å². The van der Waals surface area contributed by atoms with Crippen LogP contribution in [0.25, 0.3) is 0 Å². The molecule has 0 aliphatic heterocycles. The summed E-state index contributed by atoms with van der Waals surface area (Å²) in [6.07, 6.45) is 1.72. The molecule has 0 N–H and O–H groups in total. The Bertz CT molecular complexity index is 507. The molecule has 2 aromatic rings. The summed E-state index contributed by atoms with van der Waals surface area (Å²) in [5.41, 5.74) is 0.903. The van der Waals surface area contributed by atoms with Gasteiger partial charge in [-0.3, -0.25) is 0 Å². The zero-order chi connectivity index (χ0) is 12.3. The van der Waals surface area contributed by atoms with Gasteiger partial charge in [-0.25, -0.2) is 14.6 Å². The fraction of sp³-hybridized carbons (Fsp3) is 0.417. The van der Waals surface area contributed by atoms with Gasteiger partial charge in [-0.05, 0) is 12.1 Å². The summed E-state index contributed by atoms with van der Waals surface area (Å²) in [5.74, 6) is 1.87. The lowest BCUT2D eigenvalue weighted by atomic mass is 10.3. The summed E-state index contributed by atoms with van der Waals surface area (Å²) in [4.78, 5) is 8.71. The molecular formula is C12H15ClN4. The molecule has 0 aliphatic carbocycles. The average Bonchev–Trinajstić information content (AvgIpc) is 2.71. The predicted molar refractivity (Wildman–Crippen MR) is 67.1 cm³/mol. The molecule has 0 aromatic carbocycles. The molecule has 0 atom stereocenters. The maximum absolute atomic E-state index is 5.86. The molecule has 0 saturated carbocycles. The van der Waals surface area contributed by atoms with E-state index in [4.69, 9.17) is 11.6 Å². The summed E-state index contributed by atoms with van der Waals surface area (Å²) < 4.78 is 1.90. The van der Waals surface area contributed by atoms with Crippen LogP contribution >= 0.6 is 11.6 Å². The lowest BCUT2D eigenvalue weighted by Crippen LogP contribution is -2.07. The maximum Gasteiger partial charge on any atom is 0.150 e. The Kier molecular flexibility index (Phi) is 3.74. The summed E-state index contributed by atoms with van der Waals surface area (Å²) in [6, 6.07) is 5.61. The molecule has 0 radical (unpaired) electrons. The van der Waals surface area contributed by atoms with Crippen molar-refractivity contribution in [3.63, 3.8) is 0 Å². The third-order valence-corrected chi connectivity index (χ3v) is 2.72. The number of nitrogens with zero attached hydrogens (tertiary/aromatic N) is 4. The van der Waals surface area contributed by atoms with Crippen LogP contribution in [0.4, 0.5) is 0 Å². The monoisotopic (exact) mass is 250 g/mol. The van der Waals surface area contributed by atoms with Gasteiger partial charge in [-0.15, -0.1) is 0 Å². The Balaban J connectivity index is 2.25. The third kappa shape index (κ3) is 2.82. The second kappa shape index (κ2) is 5.27. The van der Waals surface area contributed by atoms with Crippen molar-refractivity contribution in [3.8, 4) is 0 Å². The van der Waals surface area contributed by atoms with Gasteiger partial charge in [0.2, 0.25) is 0 Å². The highest BCUT2D eigenvalue weighted by atomic mass is 35.5. The van der Waals surface area contributed by atoms with Crippen LogP contribution < -0.4 is 0 Å². The van der Waals surface area contributed by atoms with Crippen LogP contribution in [0, 0.1) is 0 Å². The van der Waals surface area contributed by atoms with E-state index in [1.807, 2.05) is 16.8 Å². The summed E-state index contributed by atoms with van der Waals surface area (Å²) in [6.45, 7) is 4.75. The Hall–Kier alpha value is -1.42. The highest BCUT2D eigenvalue weighted by Gasteiger charge is 2.08. The van der Waals surface area contributed by atoms with Crippen LogP contribution in [0.2, 0.25) is 5.15 Å². The predicted octanol–water partition coefficient (Wildman–Crippen LogP) is 2.50. The second-order valence-electron chi connectivity index (χ2n) is 3.76. The zero-order valence-corrected chi connectivity index (χ0v) is 10.8. The van der Waals surface area contributed by atoms with Crippen molar-refractivity contribution in [1.82, 2.24) is 19.7 Å². The first-order valence-corrected chi connectivity index (χ1v) is 6.14. The van der Waals surface area contributed by atoms with Gasteiger partial charge in [-0.1, -0.05) is 31.5 Å². The number of aryl methyl sites for hydroxylation is 2. The van der Waals surface area contributed by atoms with Crippen molar-refractivity contribution in [2.45, 2.75) is 33.2 Å². The van der Waals surface area contributed by atoms with E-state index in [-0.39, 0.29) is 0 Å². The number of rotatable bonds is 4. The summed E-state index contributed by atoms with van der Waals surface area (Å²) >= 11 is 5.86. The molecule has 5 heteroatoms. The van der Waals surface area contributed by atoms with Crippen LogP contribution in [-0.2, 0) is 19.4 Å². The Morgan fingerprint density at radius 1 is 1.18 bits per heavy atom. The summed E-state index contributed by atoms with van der Waals surface area (Å²) in [7, 11) is 0. The molecule has 0 unspecified atom stereocenters. The first kappa shape index (κ1) is 12.0. The topological polar surface area (TPSA) is 43.6 Å². The van der Waals surface area contributed by atoms with E-state index >= 15 is 0 Å². The van der Waals surface area contributed by atoms with E-state index in [1.54, 1.807) is 6.07 Å². The first-order valence-electron chi connectivity index (χ1n) is 5.77. The van der Waals surface area contributed by atoms with Gasteiger partial charge in [0.05, 0.1) is 12.2 Å². The third-order valence-electron chi connectivity index (χ3n) is 2.51. The molecule has 4 nitrogen and oxygen atoms in total. The van der Waals surface area contributed by atoms with Gasteiger partial charge in [0.25, 0.3) is 0 Å². The van der Waals surface area contributed by atoms with Crippen molar-refractivity contribution in [1.29, 1.82) is 0 Å². The smallest absolute Gasteiger partial charge is 0.150 e. The lowest BCUT2D eigenvalue weighted by Gasteiger charge is -2.03. The van der Waals surface area contributed by atoms with Crippen molar-refractivity contribution >= 4 is 11.6 Å². The van der Waals surface area contributed by atoms with E-state index in [9.17, 15) is 0 Å². The zero-order valence-electron chi connectivity index (χ0n) is 10.0. The number of aromatic nitrogens is 4. The molecule has 2 aromatic heterocycles. The van der Waals surface area contributed by atoms with Crippen molar-refractivity contribution in [3.05, 3.63) is 40.7 Å². The first-order chi connectivity index (χ1) is 8.22. The van der Waals surface area contributed by atoms with Crippen LogP contribution in [0.5, 0.6) is 0 Å². The number of pyridine rings is 1. The number of hydrogen-bond acceptors (Lipinski definition) is 3. The second-order valence-corrected chi connectivity index (χ2v) is 4.15. The molecule has 0 amide bonds. The van der Waals surface area contributed by atoms with Gasteiger partial charge < -0.3 is 0 Å². The van der Waals surface area contributed by atoms with Crippen molar-refractivity contribution in [2.24, 2.45) is 0 Å². The van der Waals surface area contributed by atoms with E-state index in [2.05, 4.69) is 28.9 Å². The van der Waals surface area contributed by atoms with Gasteiger partial charge in [-0.2, -0.15) is 5.10 Å². The van der Waals surface area contributed by atoms with Gasteiger partial charge in [0, 0.05) is 12.8 Å². The highest BCUT2D eigenvalue weighted by Crippen LogP contribution is 2.08. The fourth-order valence-corrected chi connectivity index (χ4v) is 1.84. The Morgan fingerprint density at radius 2 is 2.00 bits per heavy atom. The van der Waals surface area contributed by atoms with Gasteiger partial charge >= 0.3 is 0 Å². The normalized spacial score (nSPS) is 10.8. The minimum atomic E-state index is 0.511. The standard InChI is InChI=1S/C12H15ClN4/c1-3-11-15-12(4-2)17(16-11)8-9-6-5-7-10(13)14-9/h5-7H,3-4,8H2,1-2H3. The van der Waals surface area contributed by atoms with E-state index in [0.717, 1.165) is 30.2 Å². The van der Waals surface area contributed by atoms with Crippen LogP contribution in [-0.4, -0.2) is 19.7 Å². The van der Waals surface area contributed by atoms with E-state index in [0.29, 0.717) is 11.7 Å². The average molecular weight is 251 g/mol. The van der Waals surface area contributed by atoms with Crippen molar-refractivity contribution in [2.75, 3.05) is 0 Å². The highest BCUT2D eigenvalue weighted by molar-refractivity contribution is 6.29. The molecule has 2 rings (SSSR count). The molecule has 2 heterocycles. The molecule has 0 fully saturated rings. The molecule has 0 saturated heterocycles. The molecule has 17 heavy (non-hydrogen) atoms. The maximum atomic E-state index is 5.86. The molecule has 0 aliphatic rings. The van der Waals surface area contributed by atoms with Crippen LogP contribution in [0.3, 0.4) is 0 Å². The Labute approximate surface area is 106 Å². The van der Waals surface area contributed by atoms with E-state index < -0.39 is 0 Å². The molecule has 0 spiro atoms. The lowest BCUT2D eigenvalue weighted by molar-refractivity contribution is 0.626. The SMILES string of the molecule is CCc1nc(CC)n(Cc2cccc(Cl)n2)n1. The molecule has 0 bridgehead atoms.